The Morgan fingerprint density at radius 2 is 1.37 bits per heavy atom. The average Bonchev–Trinajstić information content (AvgIpc) is 2.46. The standard InChI is InChI=1S/C17H13BrO/c18-16-11-4-3-9-15(16)17(19)14-10-5-7-12-6-1-2-8-13(12)14/h1-11,17,19H/t17-/m1/s1. The normalized spacial score (nSPS) is 12.5. The van der Waals surface area contributed by atoms with Crippen molar-refractivity contribution in [1.29, 1.82) is 0 Å². The van der Waals surface area contributed by atoms with Gasteiger partial charge in [-0.1, -0.05) is 76.6 Å². The van der Waals surface area contributed by atoms with Gasteiger partial charge in [0, 0.05) is 4.47 Å². The minimum Gasteiger partial charge on any atom is -0.384 e. The molecule has 0 aliphatic rings. The van der Waals surface area contributed by atoms with Crippen molar-refractivity contribution in [3.05, 3.63) is 82.3 Å². The lowest BCUT2D eigenvalue weighted by atomic mass is 9.96. The smallest absolute Gasteiger partial charge is 0.106 e. The van der Waals surface area contributed by atoms with E-state index >= 15 is 0 Å². The summed E-state index contributed by atoms with van der Waals surface area (Å²) in [7, 11) is 0. The summed E-state index contributed by atoms with van der Waals surface area (Å²) in [6.45, 7) is 0. The highest BCUT2D eigenvalue weighted by atomic mass is 79.9. The number of hydrogen-bond acceptors (Lipinski definition) is 1. The molecule has 0 radical (unpaired) electrons. The van der Waals surface area contributed by atoms with Crippen molar-refractivity contribution in [2.24, 2.45) is 0 Å². The number of aliphatic hydroxyl groups excluding tert-OH is 1. The van der Waals surface area contributed by atoms with Gasteiger partial charge in [-0.3, -0.25) is 0 Å². The largest absolute Gasteiger partial charge is 0.384 e. The predicted octanol–water partition coefficient (Wildman–Crippen LogP) is 4.68. The lowest BCUT2D eigenvalue weighted by molar-refractivity contribution is 0.221. The van der Waals surface area contributed by atoms with Crippen molar-refractivity contribution in [3.63, 3.8) is 0 Å². The van der Waals surface area contributed by atoms with Gasteiger partial charge >= 0.3 is 0 Å². The van der Waals surface area contributed by atoms with E-state index in [-0.39, 0.29) is 0 Å². The van der Waals surface area contributed by atoms with E-state index in [4.69, 9.17) is 0 Å². The third kappa shape index (κ3) is 2.29. The maximum Gasteiger partial charge on any atom is 0.106 e. The third-order valence-electron chi connectivity index (χ3n) is 3.32. The molecule has 0 fully saturated rings. The van der Waals surface area contributed by atoms with Gasteiger partial charge in [0.05, 0.1) is 0 Å². The molecule has 2 heteroatoms. The van der Waals surface area contributed by atoms with Crippen LogP contribution < -0.4 is 0 Å². The fourth-order valence-electron chi connectivity index (χ4n) is 2.35. The second-order valence-corrected chi connectivity index (χ2v) is 5.35. The van der Waals surface area contributed by atoms with E-state index in [1.54, 1.807) is 0 Å². The summed E-state index contributed by atoms with van der Waals surface area (Å²) in [5.41, 5.74) is 1.82. The SMILES string of the molecule is O[C@@H](c1ccccc1Br)c1cccc2ccccc12. The molecule has 19 heavy (non-hydrogen) atoms. The second kappa shape index (κ2) is 5.16. The van der Waals surface area contributed by atoms with Gasteiger partial charge in [-0.05, 0) is 28.0 Å². The predicted molar refractivity (Wildman–Crippen MR) is 82.2 cm³/mol. The van der Waals surface area contributed by atoms with Crippen molar-refractivity contribution >= 4 is 26.7 Å². The van der Waals surface area contributed by atoms with Crippen LogP contribution in [0.5, 0.6) is 0 Å². The van der Waals surface area contributed by atoms with Gasteiger partial charge in [-0.2, -0.15) is 0 Å². The summed E-state index contributed by atoms with van der Waals surface area (Å²) < 4.78 is 0.926. The van der Waals surface area contributed by atoms with Crippen molar-refractivity contribution in [2.75, 3.05) is 0 Å². The summed E-state index contributed by atoms with van der Waals surface area (Å²) in [6, 6.07) is 21.9. The first-order chi connectivity index (χ1) is 9.27. The molecule has 0 spiro atoms. The number of hydrogen-bond donors (Lipinski definition) is 1. The summed E-state index contributed by atoms with van der Waals surface area (Å²) >= 11 is 3.50. The van der Waals surface area contributed by atoms with Gasteiger partial charge in [0.25, 0.3) is 0 Å². The Balaban J connectivity index is 2.17. The van der Waals surface area contributed by atoms with Gasteiger partial charge in [0.15, 0.2) is 0 Å². The van der Waals surface area contributed by atoms with Crippen molar-refractivity contribution < 1.29 is 5.11 Å². The van der Waals surface area contributed by atoms with E-state index in [1.807, 2.05) is 54.6 Å². The van der Waals surface area contributed by atoms with Crippen LogP contribution in [0.15, 0.2) is 71.2 Å². The number of aliphatic hydroxyl groups is 1. The van der Waals surface area contributed by atoms with Crippen LogP contribution in [0.4, 0.5) is 0 Å². The minimum absolute atomic E-state index is 0.623. The number of benzene rings is 3. The molecule has 1 atom stereocenters. The topological polar surface area (TPSA) is 20.2 Å². The van der Waals surface area contributed by atoms with E-state index in [1.165, 1.54) is 0 Å². The highest BCUT2D eigenvalue weighted by molar-refractivity contribution is 9.10. The number of fused-ring (bicyclic) bond motifs is 1. The molecular formula is C17H13BrO. The van der Waals surface area contributed by atoms with Crippen LogP contribution >= 0.6 is 15.9 Å². The molecule has 0 heterocycles. The summed E-state index contributed by atoms with van der Waals surface area (Å²) in [4.78, 5) is 0. The molecule has 0 unspecified atom stereocenters. The lowest BCUT2D eigenvalue weighted by Gasteiger charge is -2.15. The first-order valence-electron chi connectivity index (χ1n) is 6.17. The van der Waals surface area contributed by atoms with E-state index in [0.717, 1.165) is 26.4 Å². The van der Waals surface area contributed by atoms with E-state index in [2.05, 4.69) is 28.1 Å². The second-order valence-electron chi connectivity index (χ2n) is 4.49. The van der Waals surface area contributed by atoms with E-state index in [0.29, 0.717) is 0 Å². The van der Waals surface area contributed by atoms with Gasteiger partial charge in [-0.15, -0.1) is 0 Å². The highest BCUT2D eigenvalue weighted by Crippen LogP contribution is 2.32. The Hall–Kier alpha value is -1.64. The fraction of sp³-hybridized carbons (Fsp3) is 0.0588. The summed E-state index contributed by atoms with van der Waals surface area (Å²) in [5.74, 6) is 0. The molecule has 1 nitrogen and oxygen atoms in total. The maximum atomic E-state index is 10.6. The molecular weight excluding hydrogens is 300 g/mol. The molecule has 94 valence electrons. The Morgan fingerprint density at radius 3 is 2.21 bits per heavy atom. The zero-order chi connectivity index (χ0) is 13.2. The molecule has 1 N–H and O–H groups in total. The number of rotatable bonds is 2. The molecule has 3 aromatic rings. The van der Waals surface area contributed by atoms with Crippen LogP contribution in [0.3, 0.4) is 0 Å². The number of halogens is 1. The quantitative estimate of drug-likeness (QED) is 0.728. The average molecular weight is 313 g/mol. The Kier molecular flexibility index (Phi) is 3.36. The van der Waals surface area contributed by atoms with Gasteiger partial charge in [0.1, 0.15) is 6.10 Å². The van der Waals surface area contributed by atoms with Crippen LogP contribution in [0.2, 0.25) is 0 Å². The Bertz CT molecular complexity index is 716. The van der Waals surface area contributed by atoms with Gasteiger partial charge < -0.3 is 5.11 Å². The summed E-state index contributed by atoms with van der Waals surface area (Å²) in [5, 5.41) is 12.9. The van der Waals surface area contributed by atoms with E-state index in [9.17, 15) is 5.11 Å². The zero-order valence-electron chi connectivity index (χ0n) is 10.3. The molecule has 0 bridgehead atoms. The van der Waals surface area contributed by atoms with Gasteiger partial charge in [-0.25, -0.2) is 0 Å². The van der Waals surface area contributed by atoms with Crippen LogP contribution in [0, 0.1) is 0 Å². The zero-order valence-corrected chi connectivity index (χ0v) is 11.8. The van der Waals surface area contributed by atoms with Crippen LogP contribution in [-0.4, -0.2) is 5.11 Å². The molecule has 0 aliphatic heterocycles. The first-order valence-corrected chi connectivity index (χ1v) is 6.97. The molecule has 0 amide bonds. The lowest BCUT2D eigenvalue weighted by Crippen LogP contribution is -2.01. The van der Waals surface area contributed by atoms with Crippen LogP contribution in [0.1, 0.15) is 17.2 Å². The van der Waals surface area contributed by atoms with Crippen molar-refractivity contribution in [1.82, 2.24) is 0 Å². The monoisotopic (exact) mass is 312 g/mol. The fourth-order valence-corrected chi connectivity index (χ4v) is 2.85. The van der Waals surface area contributed by atoms with Crippen LogP contribution in [0.25, 0.3) is 10.8 Å². The van der Waals surface area contributed by atoms with Crippen molar-refractivity contribution in [2.45, 2.75) is 6.10 Å². The molecule has 0 saturated heterocycles. The Morgan fingerprint density at radius 1 is 0.737 bits per heavy atom. The Labute approximate surface area is 120 Å². The summed E-state index contributed by atoms with van der Waals surface area (Å²) in [6.07, 6.45) is -0.623. The van der Waals surface area contributed by atoms with Crippen molar-refractivity contribution in [3.8, 4) is 0 Å². The minimum atomic E-state index is -0.623. The van der Waals surface area contributed by atoms with E-state index < -0.39 is 6.10 Å². The third-order valence-corrected chi connectivity index (χ3v) is 4.04. The molecule has 0 aromatic heterocycles. The van der Waals surface area contributed by atoms with Crippen LogP contribution in [-0.2, 0) is 0 Å². The maximum absolute atomic E-state index is 10.6. The highest BCUT2D eigenvalue weighted by Gasteiger charge is 2.15. The molecule has 3 aromatic carbocycles. The first kappa shape index (κ1) is 12.4. The van der Waals surface area contributed by atoms with Gasteiger partial charge in [0.2, 0.25) is 0 Å². The molecule has 0 aliphatic carbocycles. The molecule has 3 rings (SSSR count). The molecule has 0 saturated carbocycles.